The molecule has 11 nitrogen and oxygen atoms in total. The topological polar surface area (TPSA) is 176 Å². The Bertz CT molecular complexity index is 1230. The fourth-order valence-electron chi connectivity index (χ4n) is 6.10. The second-order valence-corrected chi connectivity index (χ2v) is 10.1. The predicted molar refractivity (Wildman–Crippen MR) is 120 cm³/mol. The Hall–Kier alpha value is -3.20. The van der Waals surface area contributed by atoms with E-state index in [-0.39, 0.29) is 30.5 Å². The summed E-state index contributed by atoms with van der Waals surface area (Å²) in [5.41, 5.74) is 4.93. The smallest absolute Gasteiger partial charge is 0.413 e. The molecule has 3 aliphatic rings. The molecule has 38 heavy (non-hydrogen) atoms. The van der Waals surface area contributed by atoms with Crippen LogP contribution in [0.15, 0.2) is 12.1 Å². The van der Waals surface area contributed by atoms with Crippen LogP contribution in [0.2, 0.25) is 0 Å². The Morgan fingerprint density at radius 3 is 2.45 bits per heavy atom. The minimum Gasteiger partial charge on any atom is -0.507 e. The molecule has 0 spiro atoms. The number of hydrogen-bond donors (Lipinski definition) is 4. The van der Waals surface area contributed by atoms with E-state index in [9.17, 15) is 47.4 Å². The molecule has 2 unspecified atom stereocenters. The summed E-state index contributed by atoms with van der Waals surface area (Å²) < 4.78 is 37.2. The molecule has 14 heteroatoms. The molecule has 1 aromatic rings. The van der Waals surface area contributed by atoms with Crippen molar-refractivity contribution in [3.63, 3.8) is 0 Å². The van der Waals surface area contributed by atoms with Crippen molar-refractivity contribution in [2.75, 3.05) is 20.7 Å². The number of benzene rings is 1. The van der Waals surface area contributed by atoms with Gasteiger partial charge in [0.1, 0.15) is 5.75 Å². The van der Waals surface area contributed by atoms with Gasteiger partial charge in [-0.25, -0.2) is 0 Å². The SMILES string of the molecule is CN(C)[C@H]1C(=O)C(C(N)=O)C(=O)[C@@]2(O)C(=O)C3C(=O)c4c(O)ccc(CNOCC(F)(F)F)c4C[C@H]3C[C@@H]12. The van der Waals surface area contributed by atoms with Gasteiger partial charge in [0.2, 0.25) is 5.91 Å². The van der Waals surface area contributed by atoms with Crippen LogP contribution in [0.1, 0.15) is 27.9 Å². The molecular formula is C24H26F3N3O8. The summed E-state index contributed by atoms with van der Waals surface area (Å²) in [6.07, 6.45) is -4.73. The zero-order valence-corrected chi connectivity index (χ0v) is 20.4. The average Bonchev–Trinajstić information content (AvgIpc) is 2.79. The van der Waals surface area contributed by atoms with Gasteiger partial charge in [0.05, 0.1) is 17.5 Å². The summed E-state index contributed by atoms with van der Waals surface area (Å²) >= 11 is 0. The number of carbonyl (C=O) groups is 5. The van der Waals surface area contributed by atoms with Crippen LogP contribution >= 0.6 is 0 Å². The van der Waals surface area contributed by atoms with E-state index in [4.69, 9.17) is 5.73 Å². The van der Waals surface area contributed by atoms with Gasteiger partial charge < -0.3 is 15.9 Å². The van der Waals surface area contributed by atoms with Crippen LogP contribution in [0.3, 0.4) is 0 Å². The van der Waals surface area contributed by atoms with Crippen molar-refractivity contribution >= 4 is 29.0 Å². The number of fused-ring (bicyclic) bond motifs is 3. The number of phenols is 1. The fourth-order valence-corrected chi connectivity index (χ4v) is 6.10. The zero-order valence-electron chi connectivity index (χ0n) is 20.4. The molecule has 1 aromatic carbocycles. The lowest BCUT2D eigenvalue weighted by atomic mass is 9.52. The van der Waals surface area contributed by atoms with Gasteiger partial charge in [0, 0.05) is 12.5 Å². The quantitative estimate of drug-likeness (QED) is 0.208. The van der Waals surface area contributed by atoms with Gasteiger partial charge in [-0.15, -0.1) is 0 Å². The van der Waals surface area contributed by atoms with E-state index >= 15 is 0 Å². The summed E-state index contributed by atoms with van der Waals surface area (Å²) in [5.74, 6) is -11.8. The number of ketones is 4. The molecule has 0 heterocycles. The van der Waals surface area contributed by atoms with Crippen molar-refractivity contribution in [1.29, 1.82) is 0 Å². The summed E-state index contributed by atoms with van der Waals surface area (Å²) in [6, 6.07) is 1.29. The largest absolute Gasteiger partial charge is 0.507 e. The number of carbonyl (C=O) groups excluding carboxylic acids is 5. The molecule has 2 fully saturated rings. The summed E-state index contributed by atoms with van der Waals surface area (Å²) in [6.45, 7) is -1.83. The number of halogens is 3. The van der Waals surface area contributed by atoms with E-state index in [1.54, 1.807) is 0 Å². The number of rotatable bonds is 6. The number of primary amides is 1. The predicted octanol–water partition coefficient (Wildman–Crippen LogP) is -0.549. The maximum atomic E-state index is 13.7. The maximum absolute atomic E-state index is 13.7. The number of hydrogen-bond acceptors (Lipinski definition) is 10. The summed E-state index contributed by atoms with van der Waals surface area (Å²) in [5, 5.41) is 21.9. The number of phenolic OH excluding ortho intramolecular Hbond substituents is 1. The highest BCUT2D eigenvalue weighted by Crippen LogP contribution is 2.51. The molecule has 4 rings (SSSR count). The number of nitrogens with one attached hydrogen (secondary N) is 1. The third kappa shape index (κ3) is 4.30. The number of nitrogens with two attached hydrogens (primary N) is 1. The van der Waals surface area contributed by atoms with Gasteiger partial charge in [-0.05, 0) is 50.0 Å². The van der Waals surface area contributed by atoms with Gasteiger partial charge >= 0.3 is 6.18 Å². The van der Waals surface area contributed by atoms with Crippen LogP contribution in [0.5, 0.6) is 5.75 Å². The standard InChI is InChI=1S/C24H26F3N3O8/c1-30(2)17-12-6-10-5-11-9(7-29-38-8-23(25,26)27)3-4-13(31)15(11)18(32)14(10)20(34)24(12,37)21(35)16(19(17)33)22(28)36/h3-4,10,12,14,16-17,29,31,37H,5-8H2,1-2H3,(H2,28,36)/t10-,12-,14?,16?,17+,24-/m0/s1. The number of nitrogens with zero attached hydrogens (tertiary/aromatic N) is 1. The van der Waals surface area contributed by atoms with Crippen LogP contribution in [0, 0.1) is 23.7 Å². The molecule has 0 radical (unpaired) electrons. The zero-order chi connectivity index (χ0) is 28.3. The monoisotopic (exact) mass is 541 g/mol. The van der Waals surface area contributed by atoms with Gasteiger partial charge in [0.15, 0.2) is 41.3 Å². The highest BCUT2D eigenvalue weighted by Gasteiger charge is 2.69. The van der Waals surface area contributed by atoms with Crippen molar-refractivity contribution < 1.29 is 52.2 Å². The normalized spacial score (nSPS) is 31.2. The number of aromatic hydroxyl groups is 1. The minimum atomic E-state index is -4.57. The molecule has 0 bridgehead atoms. The number of amides is 1. The van der Waals surface area contributed by atoms with E-state index in [0.29, 0.717) is 5.56 Å². The molecule has 0 saturated heterocycles. The summed E-state index contributed by atoms with van der Waals surface area (Å²) in [7, 11) is 2.94. The number of aliphatic hydroxyl groups is 1. The average molecular weight is 541 g/mol. The van der Waals surface area contributed by atoms with Gasteiger partial charge in [-0.3, -0.25) is 33.7 Å². The molecule has 2 saturated carbocycles. The van der Waals surface area contributed by atoms with Crippen molar-refractivity contribution in [3.8, 4) is 5.75 Å². The van der Waals surface area contributed by atoms with E-state index in [1.165, 1.54) is 25.1 Å². The third-order valence-corrected chi connectivity index (χ3v) is 7.64. The fraction of sp³-hybridized carbons (Fsp3) is 0.542. The molecule has 6 atom stereocenters. The molecule has 206 valence electrons. The molecule has 3 aliphatic carbocycles. The maximum Gasteiger partial charge on any atom is 0.413 e. The first-order chi connectivity index (χ1) is 17.6. The molecule has 1 amide bonds. The summed E-state index contributed by atoms with van der Waals surface area (Å²) in [4.78, 5) is 71.3. The van der Waals surface area contributed by atoms with Crippen molar-refractivity contribution in [1.82, 2.24) is 10.4 Å². The first-order valence-corrected chi connectivity index (χ1v) is 11.7. The van der Waals surface area contributed by atoms with Crippen LogP contribution in [0.25, 0.3) is 0 Å². The Morgan fingerprint density at radius 2 is 1.87 bits per heavy atom. The Labute approximate surface area is 214 Å². The highest BCUT2D eigenvalue weighted by molar-refractivity contribution is 6.32. The van der Waals surface area contributed by atoms with Crippen LogP contribution in [0.4, 0.5) is 13.2 Å². The van der Waals surface area contributed by atoms with E-state index in [2.05, 4.69) is 10.3 Å². The van der Waals surface area contributed by atoms with Crippen molar-refractivity contribution in [2.45, 2.75) is 37.2 Å². The number of Topliss-reactive ketones (excluding diaryl/α,β-unsaturated/α-hetero) is 4. The lowest BCUT2D eigenvalue weighted by Gasteiger charge is -2.52. The molecule has 5 N–H and O–H groups in total. The first-order valence-electron chi connectivity index (χ1n) is 11.7. The van der Waals surface area contributed by atoms with Gasteiger partial charge in [-0.2, -0.15) is 18.7 Å². The van der Waals surface area contributed by atoms with E-state index < -0.39 is 82.9 Å². The first kappa shape index (κ1) is 27.8. The Morgan fingerprint density at radius 1 is 1.21 bits per heavy atom. The van der Waals surface area contributed by atoms with Gasteiger partial charge in [-0.1, -0.05) is 6.07 Å². The Balaban J connectivity index is 1.73. The molecule has 0 aromatic heterocycles. The lowest BCUT2D eigenvalue weighted by molar-refractivity contribution is -0.190. The van der Waals surface area contributed by atoms with E-state index in [1.807, 2.05) is 0 Å². The molecular weight excluding hydrogens is 515 g/mol. The number of alkyl halides is 3. The highest BCUT2D eigenvalue weighted by atomic mass is 19.4. The number of hydroxylamine groups is 1. The van der Waals surface area contributed by atoms with Crippen molar-refractivity contribution in [3.05, 3.63) is 28.8 Å². The lowest BCUT2D eigenvalue weighted by Crippen LogP contribution is -2.74. The van der Waals surface area contributed by atoms with Crippen LogP contribution in [-0.2, 0) is 37.0 Å². The minimum absolute atomic E-state index is 0.0173. The second-order valence-electron chi connectivity index (χ2n) is 10.1. The van der Waals surface area contributed by atoms with Crippen molar-refractivity contribution in [2.24, 2.45) is 29.4 Å². The van der Waals surface area contributed by atoms with E-state index in [0.717, 1.165) is 6.07 Å². The van der Waals surface area contributed by atoms with Gasteiger partial charge in [0.25, 0.3) is 0 Å². The van der Waals surface area contributed by atoms with Crippen LogP contribution in [-0.4, -0.2) is 82.7 Å². The van der Waals surface area contributed by atoms with Crippen LogP contribution < -0.4 is 11.2 Å². The molecule has 0 aliphatic heterocycles. The third-order valence-electron chi connectivity index (χ3n) is 7.64. The number of likely N-dealkylation sites (N-methyl/N-ethyl adjacent to an activating group) is 1. The second kappa shape index (κ2) is 9.52. The Kier molecular flexibility index (Phi) is 6.97.